The normalized spacial score (nSPS) is 37.6. The summed E-state index contributed by atoms with van der Waals surface area (Å²) in [5.41, 5.74) is 3.06. The van der Waals surface area contributed by atoms with Gasteiger partial charge in [0.2, 0.25) is 0 Å². The third-order valence-corrected chi connectivity index (χ3v) is 9.08. The van der Waals surface area contributed by atoms with Gasteiger partial charge in [0, 0.05) is 0 Å². The van der Waals surface area contributed by atoms with Crippen molar-refractivity contribution in [3.63, 3.8) is 0 Å². The lowest BCUT2D eigenvalue weighted by Gasteiger charge is -2.45. The van der Waals surface area contributed by atoms with E-state index in [1.54, 1.807) is 5.57 Å². The van der Waals surface area contributed by atoms with Crippen LogP contribution in [0.4, 0.5) is 0 Å². The molecule has 0 aromatic rings. The second-order valence-corrected chi connectivity index (χ2v) is 11.9. The van der Waals surface area contributed by atoms with E-state index in [4.69, 9.17) is 0 Å². The third kappa shape index (κ3) is 5.54. The van der Waals surface area contributed by atoms with Crippen LogP contribution >= 0.6 is 0 Å². The van der Waals surface area contributed by atoms with E-state index in [-0.39, 0.29) is 0 Å². The molecule has 3 rings (SSSR count). The fourth-order valence-electron chi connectivity index (χ4n) is 6.81. The average Bonchev–Trinajstić information content (AvgIpc) is 3.04. The number of aliphatic hydroxyl groups is 3. The number of aliphatic hydroxyl groups excluding tert-OH is 2. The van der Waals surface area contributed by atoms with Gasteiger partial charge >= 0.3 is 0 Å². The molecule has 0 saturated heterocycles. The Morgan fingerprint density at radius 2 is 1.77 bits per heavy atom. The molecule has 3 aliphatic carbocycles. The van der Waals surface area contributed by atoms with Crippen LogP contribution < -0.4 is 0 Å². The Morgan fingerprint density at radius 3 is 2.39 bits per heavy atom. The zero-order chi connectivity index (χ0) is 23.0. The van der Waals surface area contributed by atoms with Gasteiger partial charge in [-0.2, -0.15) is 0 Å². The summed E-state index contributed by atoms with van der Waals surface area (Å²) in [7, 11) is 0. The van der Waals surface area contributed by atoms with Gasteiger partial charge in [-0.05, 0) is 106 Å². The second-order valence-electron chi connectivity index (χ2n) is 11.9. The lowest BCUT2D eigenvalue weighted by Crippen LogP contribution is -2.37. The topological polar surface area (TPSA) is 60.7 Å². The molecule has 176 valence electrons. The predicted molar refractivity (Wildman–Crippen MR) is 129 cm³/mol. The number of rotatable bonds is 6. The highest BCUT2D eigenvalue weighted by Gasteiger charge is 2.51. The highest BCUT2D eigenvalue weighted by molar-refractivity contribution is 5.29. The van der Waals surface area contributed by atoms with E-state index < -0.39 is 17.8 Å². The maximum atomic E-state index is 10.2. The number of hydrogen-bond acceptors (Lipinski definition) is 3. The molecule has 0 aromatic carbocycles. The van der Waals surface area contributed by atoms with Gasteiger partial charge in [-0.1, -0.05) is 50.6 Å². The summed E-state index contributed by atoms with van der Waals surface area (Å²) in [6.07, 6.45) is 12.8. The molecule has 0 aliphatic heterocycles. The molecule has 3 saturated carbocycles. The molecule has 0 heterocycles. The van der Waals surface area contributed by atoms with Crippen molar-refractivity contribution in [2.75, 3.05) is 0 Å². The van der Waals surface area contributed by atoms with Gasteiger partial charge in [0.15, 0.2) is 0 Å². The van der Waals surface area contributed by atoms with Crippen LogP contribution in [-0.2, 0) is 0 Å². The molecule has 31 heavy (non-hydrogen) atoms. The molecule has 0 spiro atoms. The van der Waals surface area contributed by atoms with Crippen molar-refractivity contribution >= 4 is 0 Å². The van der Waals surface area contributed by atoms with Gasteiger partial charge < -0.3 is 15.3 Å². The standard InChI is InChI=1S/C28H46O3/c1-18(13-15-27(4,5)31)19(2)23-11-12-24-22(8-7-14-28(23,24)6)10-9-21-16-25(29)20(3)26(30)17-21/h9-10,18-19,23-26,29-31H,3,7-8,11-17H2,1-2,4-6H3/t18-,19+,23?,24?,25-,26-,28-/m1/s1. The van der Waals surface area contributed by atoms with Crippen LogP contribution in [0.3, 0.4) is 0 Å². The van der Waals surface area contributed by atoms with Crippen molar-refractivity contribution in [2.24, 2.45) is 29.1 Å². The molecule has 0 bridgehead atoms. The highest BCUT2D eigenvalue weighted by Crippen LogP contribution is 2.60. The quantitative estimate of drug-likeness (QED) is 0.456. The van der Waals surface area contributed by atoms with E-state index in [1.165, 1.54) is 32.1 Å². The van der Waals surface area contributed by atoms with Crippen LogP contribution in [0.2, 0.25) is 0 Å². The van der Waals surface area contributed by atoms with Gasteiger partial charge in [0.05, 0.1) is 17.8 Å². The Hall–Kier alpha value is -0.900. The predicted octanol–water partition coefficient (Wildman–Crippen LogP) is 5.95. The minimum absolute atomic E-state index is 0.366. The van der Waals surface area contributed by atoms with Gasteiger partial charge in [-0.3, -0.25) is 0 Å². The summed E-state index contributed by atoms with van der Waals surface area (Å²) < 4.78 is 0. The molecule has 2 unspecified atom stereocenters. The van der Waals surface area contributed by atoms with Crippen LogP contribution in [0.15, 0.2) is 35.5 Å². The molecule has 3 heteroatoms. The van der Waals surface area contributed by atoms with Gasteiger partial charge in [0.1, 0.15) is 0 Å². The summed E-state index contributed by atoms with van der Waals surface area (Å²) in [5.74, 6) is 2.69. The third-order valence-electron chi connectivity index (χ3n) is 9.08. The lowest BCUT2D eigenvalue weighted by atomic mass is 9.59. The number of allylic oxidation sites excluding steroid dienone is 3. The smallest absolute Gasteiger partial charge is 0.0809 e. The van der Waals surface area contributed by atoms with Crippen molar-refractivity contribution < 1.29 is 15.3 Å². The average molecular weight is 431 g/mol. The Labute approximate surface area is 190 Å². The molecular weight excluding hydrogens is 384 g/mol. The van der Waals surface area contributed by atoms with Crippen LogP contribution in [0.25, 0.3) is 0 Å². The van der Waals surface area contributed by atoms with Crippen LogP contribution in [-0.4, -0.2) is 33.1 Å². The van der Waals surface area contributed by atoms with Gasteiger partial charge in [-0.25, -0.2) is 0 Å². The Bertz CT molecular complexity index is 696. The van der Waals surface area contributed by atoms with Crippen molar-refractivity contribution in [3.8, 4) is 0 Å². The van der Waals surface area contributed by atoms with E-state index >= 15 is 0 Å². The van der Waals surface area contributed by atoms with E-state index in [0.29, 0.717) is 41.6 Å². The van der Waals surface area contributed by atoms with Crippen LogP contribution in [0.5, 0.6) is 0 Å². The van der Waals surface area contributed by atoms with Crippen molar-refractivity contribution in [1.29, 1.82) is 0 Å². The zero-order valence-electron chi connectivity index (χ0n) is 20.5. The molecule has 7 atom stereocenters. The summed E-state index contributed by atoms with van der Waals surface area (Å²) in [6, 6.07) is 0. The van der Waals surface area contributed by atoms with Crippen molar-refractivity contribution in [2.45, 2.75) is 110 Å². The van der Waals surface area contributed by atoms with Crippen LogP contribution in [0, 0.1) is 29.1 Å². The minimum Gasteiger partial charge on any atom is -0.390 e. The molecule has 3 aliphatic rings. The number of hydrogen-bond donors (Lipinski definition) is 3. The molecule has 0 radical (unpaired) electrons. The van der Waals surface area contributed by atoms with Gasteiger partial charge in [-0.15, -0.1) is 0 Å². The first-order chi connectivity index (χ1) is 14.4. The summed E-state index contributed by atoms with van der Waals surface area (Å²) in [4.78, 5) is 0. The first-order valence-corrected chi connectivity index (χ1v) is 12.6. The van der Waals surface area contributed by atoms with E-state index in [9.17, 15) is 15.3 Å². The van der Waals surface area contributed by atoms with E-state index in [0.717, 1.165) is 24.3 Å². The summed E-state index contributed by atoms with van der Waals surface area (Å²) in [6.45, 7) is 15.0. The Kier molecular flexibility index (Phi) is 7.61. The largest absolute Gasteiger partial charge is 0.390 e. The fourth-order valence-corrected chi connectivity index (χ4v) is 6.81. The van der Waals surface area contributed by atoms with Gasteiger partial charge in [0.25, 0.3) is 0 Å². The molecule has 3 fully saturated rings. The first-order valence-electron chi connectivity index (χ1n) is 12.6. The maximum absolute atomic E-state index is 10.2. The van der Waals surface area contributed by atoms with Crippen LogP contribution in [0.1, 0.15) is 92.4 Å². The fraction of sp³-hybridized carbons (Fsp3) is 0.786. The van der Waals surface area contributed by atoms with Crippen molar-refractivity contribution in [3.05, 3.63) is 35.5 Å². The van der Waals surface area contributed by atoms with Crippen molar-refractivity contribution in [1.82, 2.24) is 0 Å². The molecule has 0 aromatic heterocycles. The SMILES string of the molecule is C=C1[C@H](O)CC(=CC=C2CCC[C@@]3(C)C2CCC3[C@@H](C)[C@H](C)CCC(C)(C)O)C[C@H]1O. The second kappa shape index (κ2) is 9.53. The molecular formula is C28H46O3. The summed E-state index contributed by atoms with van der Waals surface area (Å²) in [5, 5.41) is 30.5. The number of fused-ring (bicyclic) bond motifs is 1. The Morgan fingerprint density at radius 1 is 1.13 bits per heavy atom. The lowest BCUT2D eigenvalue weighted by molar-refractivity contribution is 0.0447. The summed E-state index contributed by atoms with van der Waals surface area (Å²) >= 11 is 0. The monoisotopic (exact) mass is 430 g/mol. The zero-order valence-corrected chi connectivity index (χ0v) is 20.5. The molecule has 3 nitrogen and oxygen atoms in total. The highest BCUT2D eigenvalue weighted by atomic mass is 16.3. The molecule has 0 amide bonds. The Balaban J connectivity index is 1.71. The van der Waals surface area contributed by atoms with E-state index in [1.807, 2.05) is 13.8 Å². The maximum Gasteiger partial charge on any atom is 0.0809 e. The van der Waals surface area contributed by atoms with E-state index in [2.05, 4.69) is 39.5 Å². The molecule has 3 N–H and O–H groups in total. The minimum atomic E-state index is -0.618. The first kappa shape index (κ1) is 24.7.